The number of fused-ring (bicyclic) bond motifs is 1. The van der Waals surface area contributed by atoms with Crippen molar-refractivity contribution in [3.8, 4) is 0 Å². The molecule has 1 unspecified atom stereocenters. The van der Waals surface area contributed by atoms with Crippen LogP contribution in [-0.4, -0.2) is 35.7 Å². The van der Waals surface area contributed by atoms with E-state index < -0.39 is 11.2 Å². The maximum atomic E-state index is 13.7. The van der Waals surface area contributed by atoms with E-state index in [1.54, 1.807) is 0 Å². The number of anilines is 2. The molecule has 0 radical (unpaired) electrons. The summed E-state index contributed by atoms with van der Waals surface area (Å²) in [6.45, 7) is 4.64. The first-order chi connectivity index (χ1) is 14.3. The zero-order valence-electron chi connectivity index (χ0n) is 17.8. The summed E-state index contributed by atoms with van der Waals surface area (Å²) in [5.74, 6) is -0.426. The van der Waals surface area contributed by atoms with Crippen molar-refractivity contribution in [2.75, 3.05) is 30.9 Å². The van der Waals surface area contributed by atoms with E-state index in [0.717, 1.165) is 24.0 Å². The van der Waals surface area contributed by atoms with Gasteiger partial charge in [-0.3, -0.25) is 19.1 Å². The van der Waals surface area contributed by atoms with Crippen molar-refractivity contribution in [1.82, 2.24) is 9.55 Å². The molecule has 1 aliphatic rings. The number of aromatic amines is 1. The topological polar surface area (TPSA) is 110 Å². The summed E-state index contributed by atoms with van der Waals surface area (Å²) in [5, 5.41) is 0. The molecular formula is C22H30N4O4. The number of methoxy groups -OCH3 is 1. The van der Waals surface area contributed by atoms with Gasteiger partial charge < -0.3 is 15.4 Å². The summed E-state index contributed by atoms with van der Waals surface area (Å²) in [6, 6.07) is 7.91. The van der Waals surface area contributed by atoms with Crippen LogP contribution in [0.15, 0.2) is 33.9 Å². The summed E-state index contributed by atoms with van der Waals surface area (Å²) < 4.78 is 6.51. The number of H-pyrrole nitrogens is 1. The number of hydrogen-bond donors (Lipinski definition) is 2. The Labute approximate surface area is 175 Å². The Morgan fingerprint density at radius 2 is 2.07 bits per heavy atom. The van der Waals surface area contributed by atoms with Crippen molar-refractivity contribution in [2.45, 2.75) is 45.6 Å². The predicted molar refractivity (Wildman–Crippen MR) is 117 cm³/mol. The van der Waals surface area contributed by atoms with Crippen LogP contribution in [-0.2, 0) is 22.5 Å². The number of benzene rings is 1. The molecule has 8 heteroatoms. The highest BCUT2D eigenvalue weighted by Gasteiger charge is 2.33. The second kappa shape index (κ2) is 9.30. The molecule has 0 spiro atoms. The number of aryl methyl sites for hydroxylation is 1. The van der Waals surface area contributed by atoms with Gasteiger partial charge in [-0.05, 0) is 36.3 Å². The van der Waals surface area contributed by atoms with Crippen LogP contribution in [0.2, 0.25) is 0 Å². The maximum Gasteiger partial charge on any atom is 0.330 e. The van der Waals surface area contributed by atoms with Gasteiger partial charge in [0.05, 0.1) is 12.5 Å². The highest BCUT2D eigenvalue weighted by molar-refractivity contribution is 6.00. The minimum atomic E-state index is -0.661. The lowest BCUT2D eigenvalue weighted by atomic mass is 9.82. The first-order valence-corrected chi connectivity index (χ1v) is 10.4. The minimum Gasteiger partial charge on any atom is -0.383 e. The SMILES string of the molecule is COCCN(C(=O)C1CCCc2ccccc21)c1c(N)n(CC(C)C)c(=O)[nH]c1=O. The zero-order valence-corrected chi connectivity index (χ0v) is 17.8. The van der Waals surface area contributed by atoms with Gasteiger partial charge in [-0.15, -0.1) is 0 Å². The van der Waals surface area contributed by atoms with Gasteiger partial charge in [-0.25, -0.2) is 4.79 Å². The van der Waals surface area contributed by atoms with E-state index in [4.69, 9.17) is 10.5 Å². The lowest BCUT2D eigenvalue weighted by Gasteiger charge is -2.31. The highest BCUT2D eigenvalue weighted by Crippen LogP contribution is 2.34. The zero-order chi connectivity index (χ0) is 21.8. The van der Waals surface area contributed by atoms with Crippen LogP contribution in [0, 0.1) is 5.92 Å². The van der Waals surface area contributed by atoms with Crippen LogP contribution in [0.25, 0.3) is 0 Å². The first kappa shape index (κ1) is 21.8. The van der Waals surface area contributed by atoms with E-state index in [1.165, 1.54) is 16.6 Å². The molecule has 1 atom stereocenters. The summed E-state index contributed by atoms with van der Waals surface area (Å²) in [7, 11) is 1.53. The molecule has 3 N–H and O–H groups in total. The first-order valence-electron chi connectivity index (χ1n) is 10.4. The van der Waals surface area contributed by atoms with E-state index in [2.05, 4.69) is 4.98 Å². The molecule has 8 nitrogen and oxygen atoms in total. The van der Waals surface area contributed by atoms with Gasteiger partial charge in [-0.1, -0.05) is 38.1 Å². The third-order valence-electron chi connectivity index (χ3n) is 5.48. The van der Waals surface area contributed by atoms with Crippen molar-refractivity contribution >= 4 is 17.4 Å². The van der Waals surface area contributed by atoms with Crippen molar-refractivity contribution < 1.29 is 9.53 Å². The average molecular weight is 415 g/mol. The molecular weight excluding hydrogens is 384 g/mol. The highest BCUT2D eigenvalue weighted by atomic mass is 16.5. The fraction of sp³-hybridized carbons (Fsp3) is 0.500. The number of amides is 1. The molecule has 0 bridgehead atoms. The quantitative estimate of drug-likeness (QED) is 0.719. The van der Waals surface area contributed by atoms with Crippen LogP contribution in [0.4, 0.5) is 11.5 Å². The molecule has 3 rings (SSSR count). The normalized spacial score (nSPS) is 15.8. The van der Waals surface area contributed by atoms with Crippen LogP contribution in [0.1, 0.15) is 43.7 Å². The molecule has 0 aliphatic heterocycles. The number of nitrogens with two attached hydrogens (primary N) is 1. The average Bonchev–Trinajstić information content (AvgIpc) is 2.72. The molecule has 1 aliphatic carbocycles. The Hall–Kier alpha value is -2.87. The van der Waals surface area contributed by atoms with Crippen LogP contribution >= 0.6 is 0 Å². The van der Waals surface area contributed by atoms with Gasteiger partial charge in [0.2, 0.25) is 5.91 Å². The van der Waals surface area contributed by atoms with Crippen LogP contribution in [0.3, 0.4) is 0 Å². The van der Waals surface area contributed by atoms with Crippen molar-refractivity contribution in [1.29, 1.82) is 0 Å². The van der Waals surface area contributed by atoms with Crippen molar-refractivity contribution in [3.63, 3.8) is 0 Å². The molecule has 0 saturated carbocycles. The summed E-state index contributed by atoms with van der Waals surface area (Å²) in [6.07, 6.45) is 2.52. The second-order valence-electron chi connectivity index (χ2n) is 8.12. The van der Waals surface area contributed by atoms with Gasteiger partial charge >= 0.3 is 5.69 Å². The number of hydrogen-bond acceptors (Lipinski definition) is 5. The Bertz CT molecular complexity index is 1020. The number of carbonyl (C=O) groups excluding carboxylic acids is 1. The summed E-state index contributed by atoms with van der Waals surface area (Å²) >= 11 is 0. The summed E-state index contributed by atoms with van der Waals surface area (Å²) in [4.78, 5) is 42.5. The van der Waals surface area contributed by atoms with Crippen molar-refractivity contribution in [3.05, 3.63) is 56.2 Å². The molecule has 1 amide bonds. The third kappa shape index (κ3) is 4.33. The van der Waals surface area contributed by atoms with Crippen LogP contribution in [0.5, 0.6) is 0 Å². The van der Waals surface area contributed by atoms with E-state index in [-0.39, 0.29) is 42.4 Å². The van der Waals surface area contributed by atoms with Gasteiger partial charge in [-0.2, -0.15) is 0 Å². The summed E-state index contributed by atoms with van der Waals surface area (Å²) in [5.41, 5.74) is 7.20. The minimum absolute atomic E-state index is 0.00555. The largest absolute Gasteiger partial charge is 0.383 e. The fourth-order valence-corrected chi connectivity index (χ4v) is 4.10. The Kier molecular flexibility index (Phi) is 6.77. The van der Waals surface area contributed by atoms with Gasteiger partial charge in [0.1, 0.15) is 5.82 Å². The molecule has 0 saturated heterocycles. The Balaban J connectivity index is 2.09. The Morgan fingerprint density at radius 1 is 1.33 bits per heavy atom. The van der Waals surface area contributed by atoms with Crippen molar-refractivity contribution in [2.24, 2.45) is 5.92 Å². The van der Waals surface area contributed by atoms with E-state index >= 15 is 0 Å². The number of nitrogens with zero attached hydrogens (tertiary/aromatic N) is 2. The molecule has 1 heterocycles. The maximum absolute atomic E-state index is 13.7. The second-order valence-corrected chi connectivity index (χ2v) is 8.12. The molecule has 1 aromatic heterocycles. The van der Waals surface area contributed by atoms with Gasteiger partial charge in [0, 0.05) is 20.2 Å². The van der Waals surface area contributed by atoms with E-state index in [9.17, 15) is 14.4 Å². The van der Waals surface area contributed by atoms with Gasteiger partial charge in [0.25, 0.3) is 5.56 Å². The standard InChI is InChI=1S/C22H30N4O4/c1-14(2)13-26-19(23)18(20(27)24-22(26)29)25(11-12-30-3)21(28)17-10-6-8-15-7-4-5-9-16(15)17/h4-5,7,9,14,17H,6,8,10-13,23H2,1-3H3,(H,24,27,29). The monoisotopic (exact) mass is 414 g/mol. The number of ether oxygens (including phenoxy) is 1. The number of carbonyl (C=O) groups is 1. The predicted octanol–water partition coefficient (Wildman–Crippen LogP) is 1.87. The molecule has 1 aromatic carbocycles. The number of nitrogens with one attached hydrogen (secondary N) is 1. The lowest BCUT2D eigenvalue weighted by molar-refractivity contribution is -0.120. The molecule has 162 valence electrons. The molecule has 2 aromatic rings. The third-order valence-corrected chi connectivity index (χ3v) is 5.48. The van der Waals surface area contributed by atoms with Gasteiger partial charge in [0.15, 0.2) is 5.69 Å². The van der Waals surface area contributed by atoms with E-state index in [0.29, 0.717) is 13.0 Å². The van der Waals surface area contributed by atoms with Crippen LogP contribution < -0.4 is 21.9 Å². The molecule has 30 heavy (non-hydrogen) atoms. The van der Waals surface area contributed by atoms with E-state index in [1.807, 2.05) is 38.1 Å². The smallest absolute Gasteiger partial charge is 0.330 e. The Morgan fingerprint density at radius 3 is 2.77 bits per heavy atom. The number of aromatic nitrogens is 2. The number of nitrogen functional groups attached to an aromatic ring is 1. The lowest BCUT2D eigenvalue weighted by Crippen LogP contribution is -2.45. The fourth-order valence-electron chi connectivity index (χ4n) is 4.10. The number of rotatable bonds is 7. The molecule has 0 fully saturated rings.